The third-order valence-electron chi connectivity index (χ3n) is 5.84. The van der Waals surface area contributed by atoms with Crippen LogP contribution in [-0.4, -0.2) is 29.7 Å². The number of benzene rings is 1. The van der Waals surface area contributed by atoms with Crippen LogP contribution in [0.5, 0.6) is 11.5 Å². The number of amides is 1. The molecule has 1 aliphatic carbocycles. The van der Waals surface area contributed by atoms with Crippen molar-refractivity contribution in [3.63, 3.8) is 0 Å². The largest absolute Gasteiger partial charge is 0.507 e. The molecule has 3 rings (SSSR count). The molecule has 1 aromatic carbocycles. The second-order valence-electron chi connectivity index (χ2n) is 8.11. The van der Waals surface area contributed by atoms with Crippen LogP contribution in [0.4, 0.5) is 0 Å². The summed E-state index contributed by atoms with van der Waals surface area (Å²) in [4.78, 5) is 12.4. The standard InChI is InChI=1S/C20H30N2O3/c1-12-5-7-15-14(11-12)17-16(25-20(15,2)3)8-6-13(18(17)23)19(24)22-10-4-9-21/h6,8,12,14-15,23H,4-5,7,9-11,21H2,1-3H3,(H,22,24)/t12-,14-,15-/m1/s1. The molecule has 0 bridgehead atoms. The van der Waals surface area contributed by atoms with E-state index in [1.165, 1.54) is 6.42 Å². The van der Waals surface area contributed by atoms with Crippen LogP contribution in [0.1, 0.15) is 68.3 Å². The SMILES string of the molecule is C[C@@H]1CC[C@@H]2[C@@H](C1)c1c(ccc(C(=O)NCCCN)c1O)OC2(C)C. The molecule has 5 heteroatoms. The van der Waals surface area contributed by atoms with Gasteiger partial charge in [0.2, 0.25) is 0 Å². The van der Waals surface area contributed by atoms with E-state index in [1.807, 2.05) is 6.07 Å². The highest BCUT2D eigenvalue weighted by Gasteiger charge is 2.47. The number of phenolic OH excluding ortho intramolecular Hbond substituents is 1. The Hall–Kier alpha value is -1.75. The van der Waals surface area contributed by atoms with Gasteiger partial charge in [0, 0.05) is 18.0 Å². The van der Waals surface area contributed by atoms with Gasteiger partial charge in [-0.1, -0.05) is 13.3 Å². The van der Waals surface area contributed by atoms with E-state index in [0.29, 0.717) is 30.5 Å². The molecular formula is C20H30N2O3. The van der Waals surface area contributed by atoms with Crippen molar-refractivity contribution in [1.29, 1.82) is 0 Å². The molecule has 138 valence electrons. The molecule has 1 saturated carbocycles. The van der Waals surface area contributed by atoms with E-state index < -0.39 is 0 Å². The molecule has 1 heterocycles. The normalized spacial score (nSPS) is 27.0. The first-order valence-corrected chi connectivity index (χ1v) is 9.38. The number of carbonyl (C=O) groups excluding carboxylic acids is 1. The summed E-state index contributed by atoms with van der Waals surface area (Å²) in [5.74, 6) is 1.76. The van der Waals surface area contributed by atoms with Gasteiger partial charge in [0.25, 0.3) is 5.91 Å². The Bertz CT molecular complexity index is 657. The number of phenols is 1. The molecule has 5 nitrogen and oxygen atoms in total. The number of nitrogens with two attached hydrogens (primary N) is 1. The molecule has 4 N–H and O–H groups in total. The summed E-state index contributed by atoms with van der Waals surface area (Å²) in [5, 5.41) is 13.7. The molecular weight excluding hydrogens is 316 g/mol. The maximum absolute atomic E-state index is 12.4. The Labute approximate surface area is 149 Å². The predicted octanol–water partition coefficient (Wildman–Crippen LogP) is 3.16. The van der Waals surface area contributed by atoms with Crippen molar-refractivity contribution < 1.29 is 14.6 Å². The van der Waals surface area contributed by atoms with E-state index in [9.17, 15) is 9.90 Å². The van der Waals surface area contributed by atoms with Crippen molar-refractivity contribution in [2.45, 2.75) is 58.0 Å². The predicted molar refractivity (Wildman–Crippen MR) is 98.1 cm³/mol. The first kappa shape index (κ1) is 18.1. The highest BCUT2D eigenvalue weighted by atomic mass is 16.5. The molecule has 1 amide bonds. The Morgan fingerprint density at radius 1 is 1.40 bits per heavy atom. The van der Waals surface area contributed by atoms with Gasteiger partial charge in [0.1, 0.15) is 17.1 Å². The van der Waals surface area contributed by atoms with E-state index in [0.717, 1.165) is 30.6 Å². The van der Waals surface area contributed by atoms with Gasteiger partial charge in [-0.05, 0) is 63.6 Å². The van der Waals surface area contributed by atoms with Crippen molar-refractivity contribution in [3.8, 4) is 11.5 Å². The number of hydrogen-bond acceptors (Lipinski definition) is 4. The maximum Gasteiger partial charge on any atom is 0.255 e. The lowest BCUT2D eigenvalue weighted by atomic mass is 9.64. The van der Waals surface area contributed by atoms with Gasteiger partial charge in [-0.2, -0.15) is 0 Å². The van der Waals surface area contributed by atoms with Crippen molar-refractivity contribution in [2.24, 2.45) is 17.6 Å². The third kappa shape index (κ3) is 3.34. The molecule has 2 aliphatic rings. The third-order valence-corrected chi connectivity index (χ3v) is 5.84. The fraction of sp³-hybridized carbons (Fsp3) is 0.650. The summed E-state index contributed by atoms with van der Waals surface area (Å²) in [6.07, 6.45) is 4.02. The van der Waals surface area contributed by atoms with E-state index in [2.05, 4.69) is 26.1 Å². The zero-order chi connectivity index (χ0) is 18.2. The van der Waals surface area contributed by atoms with Crippen molar-refractivity contribution in [3.05, 3.63) is 23.3 Å². The Morgan fingerprint density at radius 3 is 2.88 bits per heavy atom. The first-order valence-electron chi connectivity index (χ1n) is 9.38. The van der Waals surface area contributed by atoms with E-state index in [4.69, 9.17) is 10.5 Å². The summed E-state index contributed by atoms with van der Waals surface area (Å²) in [6, 6.07) is 3.50. The molecule has 0 saturated heterocycles. The highest BCUT2D eigenvalue weighted by molar-refractivity contribution is 5.97. The molecule has 1 aliphatic heterocycles. The van der Waals surface area contributed by atoms with Gasteiger partial charge < -0.3 is 20.9 Å². The molecule has 25 heavy (non-hydrogen) atoms. The molecule has 1 aromatic rings. The fourth-order valence-electron chi connectivity index (χ4n) is 4.51. The van der Waals surface area contributed by atoms with Crippen LogP contribution >= 0.6 is 0 Å². The fourth-order valence-corrected chi connectivity index (χ4v) is 4.51. The second-order valence-corrected chi connectivity index (χ2v) is 8.11. The highest BCUT2D eigenvalue weighted by Crippen LogP contribution is 2.55. The van der Waals surface area contributed by atoms with Gasteiger partial charge in [0.05, 0.1) is 5.56 Å². The number of nitrogens with one attached hydrogen (secondary N) is 1. The van der Waals surface area contributed by atoms with E-state index in [-0.39, 0.29) is 23.2 Å². The smallest absolute Gasteiger partial charge is 0.255 e. The Kier molecular flexibility index (Phi) is 4.96. The molecule has 1 fully saturated rings. The first-order chi connectivity index (χ1) is 11.8. The quantitative estimate of drug-likeness (QED) is 0.731. The molecule has 0 radical (unpaired) electrons. The topological polar surface area (TPSA) is 84.6 Å². The minimum atomic E-state index is -0.255. The number of fused-ring (bicyclic) bond motifs is 3. The maximum atomic E-state index is 12.4. The zero-order valence-corrected chi connectivity index (χ0v) is 15.5. The average Bonchev–Trinajstić information content (AvgIpc) is 2.54. The molecule has 0 aromatic heterocycles. The van der Waals surface area contributed by atoms with Crippen LogP contribution < -0.4 is 15.8 Å². The average molecular weight is 346 g/mol. The number of ether oxygens (including phenoxy) is 1. The van der Waals surface area contributed by atoms with Gasteiger partial charge >= 0.3 is 0 Å². The summed E-state index contributed by atoms with van der Waals surface area (Å²) < 4.78 is 6.23. The van der Waals surface area contributed by atoms with Crippen LogP contribution in [0.15, 0.2) is 12.1 Å². The van der Waals surface area contributed by atoms with E-state index >= 15 is 0 Å². The molecule has 0 unspecified atom stereocenters. The van der Waals surface area contributed by atoms with E-state index in [1.54, 1.807) is 6.07 Å². The molecule has 0 spiro atoms. The zero-order valence-electron chi connectivity index (χ0n) is 15.5. The lowest BCUT2D eigenvalue weighted by Crippen LogP contribution is -2.46. The number of carbonyl (C=O) groups is 1. The minimum absolute atomic E-state index is 0.0855. The van der Waals surface area contributed by atoms with Crippen LogP contribution in [-0.2, 0) is 0 Å². The van der Waals surface area contributed by atoms with Crippen molar-refractivity contribution in [1.82, 2.24) is 5.32 Å². The summed E-state index contributed by atoms with van der Waals surface area (Å²) in [5.41, 5.74) is 6.37. The summed E-state index contributed by atoms with van der Waals surface area (Å²) >= 11 is 0. The van der Waals surface area contributed by atoms with Crippen LogP contribution in [0, 0.1) is 11.8 Å². The van der Waals surface area contributed by atoms with Crippen LogP contribution in [0.2, 0.25) is 0 Å². The Morgan fingerprint density at radius 2 is 2.16 bits per heavy atom. The molecule has 3 atom stereocenters. The van der Waals surface area contributed by atoms with Crippen molar-refractivity contribution in [2.75, 3.05) is 13.1 Å². The lowest BCUT2D eigenvalue weighted by molar-refractivity contribution is -0.0145. The lowest BCUT2D eigenvalue weighted by Gasteiger charge is -2.48. The number of aromatic hydroxyl groups is 1. The van der Waals surface area contributed by atoms with Crippen LogP contribution in [0.25, 0.3) is 0 Å². The van der Waals surface area contributed by atoms with Gasteiger partial charge in [-0.15, -0.1) is 0 Å². The van der Waals surface area contributed by atoms with Gasteiger partial charge in [-0.3, -0.25) is 4.79 Å². The minimum Gasteiger partial charge on any atom is -0.507 e. The second kappa shape index (κ2) is 6.87. The number of hydrogen-bond donors (Lipinski definition) is 3. The summed E-state index contributed by atoms with van der Waals surface area (Å²) in [6.45, 7) is 7.57. The van der Waals surface area contributed by atoms with Gasteiger partial charge in [0.15, 0.2) is 0 Å². The number of rotatable bonds is 4. The Balaban J connectivity index is 1.96. The van der Waals surface area contributed by atoms with Crippen LogP contribution in [0.3, 0.4) is 0 Å². The summed E-state index contributed by atoms with van der Waals surface area (Å²) in [7, 11) is 0. The van der Waals surface area contributed by atoms with Gasteiger partial charge in [-0.25, -0.2) is 0 Å². The monoisotopic (exact) mass is 346 g/mol. The van der Waals surface area contributed by atoms with Crippen molar-refractivity contribution >= 4 is 5.91 Å².